The number of halogens is 1. The van der Waals surface area contributed by atoms with Gasteiger partial charge in [0.25, 0.3) is 0 Å². The normalized spacial score (nSPS) is 13.3. The Morgan fingerprint density at radius 1 is 1.05 bits per heavy atom. The van der Waals surface area contributed by atoms with E-state index in [0.717, 1.165) is 12.0 Å². The molecule has 0 atom stereocenters. The second-order valence-corrected chi connectivity index (χ2v) is 6.34. The van der Waals surface area contributed by atoms with E-state index < -0.39 is 12.9 Å². The standard InChI is InChI=1S/C16H16BFO2S/c18-14-6-4-13(16(9-14)17(19)20)10-21-15-7-5-11-2-1-3-12(11)8-15/h4-9,19-20H,1-3,10H2. The van der Waals surface area contributed by atoms with Crippen LogP contribution in [0.15, 0.2) is 41.3 Å². The zero-order chi connectivity index (χ0) is 14.8. The van der Waals surface area contributed by atoms with Gasteiger partial charge in [0.05, 0.1) is 0 Å². The Kier molecular flexibility index (Phi) is 4.33. The van der Waals surface area contributed by atoms with Gasteiger partial charge in [-0.15, -0.1) is 11.8 Å². The van der Waals surface area contributed by atoms with E-state index in [-0.39, 0.29) is 5.46 Å². The van der Waals surface area contributed by atoms with Gasteiger partial charge in [0, 0.05) is 10.6 Å². The van der Waals surface area contributed by atoms with Gasteiger partial charge in [-0.2, -0.15) is 0 Å². The van der Waals surface area contributed by atoms with Crippen molar-refractivity contribution in [1.82, 2.24) is 0 Å². The number of hydrogen-bond donors (Lipinski definition) is 2. The van der Waals surface area contributed by atoms with Crippen molar-refractivity contribution in [1.29, 1.82) is 0 Å². The molecule has 21 heavy (non-hydrogen) atoms. The Balaban J connectivity index is 1.76. The van der Waals surface area contributed by atoms with E-state index in [1.807, 2.05) is 0 Å². The molecule has 0 saturated carbocycles. The lowest BCUT2D eigenvalue weighted by molar-refractivity contribution is 0.425. The molecule has 1 aliphatic carbocycles. The summed E-state index contributed by atoms with van der Waals surface area (Å²) in [5, 5.41) is 18.7. The van der Waals surface area contributed by atoms with Crippen molar-refractivity contribution in [3.63, 3.8) is 0 Å². The molecule has 0 fully saturated rings. The highest BCUT2D eigenvalue weighted by Crippen LogP contribution is 2.29. The van der Waals surface area contributed by atoms with Crippen molar-refractivity contribution in [2.45, 2.75) is 29.9 Å². The minimum atomic E-state index is -1.64. The van der Waals surface area contributed by atoms with Gasteiger partial charge in [-0.25, -0.2) is 4.39 Å². The predicted molar refractivity (Wildman–Crippen MR) is 84.3 cm³/mol. The number of thioether (sulfide) groups is 1. The van der Waals surface area contributed by atoms with Gasteiger partial charge in [-0.1, -0.05) is 12.1 Å². The molecular formula is C16H16BFO2S. The molecule has 5 heteroatoms. The largest absolute Gasteiger partial charge is 0.488 e. The summed E-state index contributed by atoms with van der Waals surface area (Å²) < 4.78 is 13.2. The van der Waals surface area contributed by atoms with Crippen LogP contribution in [-0.4, -0.2) is 17.2 Å². The molecule has 0 aliphatic heterocycles. The average molecular weight is 302 g/mol. The Labute approximate surface area is 128 Å². The quantitative estimate of drug-likeness (QED) is 0.672. The highest BCUT2D eigenvalue weighted by molar-refractivity contribution is 7.98. The number of fused-ring (bicyclic) bond motifs is 1. The first-order valence-electron chi connectivity index (χ1n) is 7.02. The number of hydrogen-bond acceptors (Lipinski definition) is 3. The predicted octanol–water partition coefficient (Wildman–Crippen LogP) is 2.29. The van der Waals surface area contributed by atoms with Crippen LogP contribution >= 0.6 is 11.8 Å². The molecule has 2 aromatic carbocycles. The summed E-state index contributed by atoms with van der Waals surface area (Å²) >= 11 is 1.63. The smallest absolute Gasteiger partial charge is 0.423 e. The van der Waals surface area contributed by atoms with Crippen LogP contribution in [0, 0.1) is 5.82 Å². The summed E-state index contributed by atoms with van der Waals surface area (Å²) in [4.78, 5) is 1.17. The van der Waals surface area contributed by atoms with Crippen molar-refractivity contribution >= 4 is 24.3 Å². The summed E-state index contributed by atoms with van der Waals surface area (Å²) in [6, 6.07) is 10.6. The first kappa shape index (κ1) is 14.6. The van der Waals surface area contributed by atoms with Crippen LogP contribution in [0.3, 0.4) is 0 Å². The maximum Gasteiger partial charge on any atom is 0.488 e. The maximum absolute atomic E-state index is 13.2. The van der Waals surface area contributed by atoms with Crippen LogP contribution in [0.2, 0.25) is 0 Å². The van der Waals surface area contributed by atoms with Crippen molar-refractivity contribution in [3.8, 4) is 0 Å². The molecule has 1 aliphatic rings. The van der Waals surface area contributed by atoms with Gasteiger partial charge in [-0.05, 0) is 65.7 Å². The average Bonchev–Trinajstić information content (AvgIpc) is 2.93. The summed E-state index contributed by atoms with van der Waals surface area (Å²) in [5.41, 5.74) is 3.84. The van der Waals surface area contributed by atoms with E-state index in [1.54, 1.807) is 17.8 Å². The molecule has 3 rings (SSSR count). The monoisotopic (exact) mass is 302 g/mol. The second-order valence-electron chi connectivity index (χ2n) is 5.29. The highest BCUT2D eigenvalue weighted by Gasteiger charge is 2.17. The van der Waals surface area contributed by atoms with Gasteiger partial charge < -0.3 is 10.0 Å². The van der Waals surface area contributed by atoms with Crippen LogP contribution < -0.4 is 5.46 Å². The van der Waals surface area contributed by atoms with Crippen LogP contribution in [-0.2, 0) is 18.6 Å². The fraction of sp³-hybridized carbons (Fsp3) is 0.250. The van der Waals surface area contributed by atoms with Gasteiger partial charge in [0.1, 0.15) is 5.82 Å². The van der Waals surface area contributed by atoms with E-state index in [2.05, 4.69) is 18.2 Å². The highest BCUT2D eigenvalue weighted by atomic mass is 32.2. The Morgan fingerprint density at radius 2 is 1.86 bits per heavy atom. The molecule has 2 aromatic rings. The van der Waals surface area contributed by atoms with Crippen LogP contribution in [0.5, 0.6) is 0 Å². The SMILES string of the molecule is OB(O)c1cc(F)ccc1CSc1ccc2c(c1)CCC2. The second kappa shape index (κ2) is 6.22. The molecule has 2 N–H and O–H groups in total. The molecule has 0 aromatic heterocycles. The first-order valence-corrected chi connectivity index (χ1v) is 8.01. The third-order valence-corrected chi connectivity index (χ3v) is 4.89. The van der Waals surface area contributed by atoms with Crippen LogP contribution in [0.1, 0.15) is 23.1 Å². The zero-order valence-electron chi connectivity index (χ0n) is 11.6. The van der Waals surface area contributed by atoms with Gasteiger partial charge >= 0.3 is 7.12 Å². The maximum atomic E-state index is 13.2. The third kappa shape index (κ3) is 3.31. The summed E-state index contributed by atoms with van der Waals surface area (Å²) in [5.74, 6) is 0.135. The molecule has 0 bridgehead atoms. The van der Waals surface area contributed by atoms with Crippen molar-refractivity contribution in [2.24, 2.45) is 0 Å². The van der Waals surface area contributed by atoms with E-state index in [4.69, 9.17) is 0 Å². The van der Waals surface area contributed by atoms with Gasteiger partial charge in [0.15, 0.2) is 0 Å². The van der Waals surface area contributed by atoms with Crippen molar-refractivity contribution in [2.75, 3.05) is 0 Å². The lowest BCUT2D eigenvalue weighted by Crippen LogP contribution is -2.33. The van der Waals surface area contributed by atoms with Crippen molar-refractivity contribution < 1.29 is 14.4 Å². The minimum absolute atomic E-state index is 0.240. The minimum Gasteiger partial charge on any atom is -0.423 e. The summed E-state index contributed by atoms with van der Waals surface area (Å²) in [7, 11) is -1.64. The lowest BCUT2D eigenvalue weighted by atomic mass is 9.77. The number of rotatable bonds is 4. The molecule has 0 spiro atoms. The summed E-state index contributed by atoms with van der Waals surface area (Å²) in [6.07, 6.45) is 3.53. The molecule has 2 nitrogen and oxygen atoms in total. The zero-order valence-corrected chi connectivity index (χ0v) is 12.4. The van der Waals surface area contributed by atoms with Crippen LogP contribution in [0.25, 0.3) is 0 Å². The van der Waals surface area contributed by atoms with E-state index >= 15 is 0 Å². The van der Waals surface area contributed by atoms with Crippen molar-refractivity contribution in [3.05, 3.63) is 58.9 Å². The van der Waals surface area contributed by atoms with E-state index in [0.29, 0.717) is 5.75 Å². The molecule has 0 radical (unpaired) electrons. The Morgan fingerprint density at radius 3 is 2.67 bits per heavy atom. The fourth-order valence-electron chi connectivity index (χ4n) is 2.74. The molecule has 108 valence electrons. The van der Waals surface area contributed by atoms with E-state index in [1.165, 1.54) is 41.0 Å². The Bertz CT molecular complexity index is 661. The topological polar surface area (TPSA) is 40.5 Å². The molecule has 0 heterocycles. The Hall–Kier alpha value is -1.30. The number of benzene rings is 2. The molecule has 0 unspecified atom stereocenters. The lowest BCUT2D eigenvalue weighted by Gasteiger charge is -2.10. The number of aryl methyl sites for hydroxylation is 2. The van der Waals surface area contributed by atoms with E-state index in [9.17, 15) is 14.4 Å². The van der Waals surface area contributed by atoms with Gasteiger partial charge in [0.2, 0.25) is 0 Å². The van der Waals surface area contributed by atoms with Gasteiger partial charge in [-0.3, -0.25) is 0 Å². The fourth-order valence-corrected chi connectivity index (χ4v) is 3.71. The molecule has 0 amide bonds. The third-order valence-electron chi connectivity index (χ3n) is 3.85. The molecule has 0 saturated heterocycles. The van der Waals surface area contributed by atoms with Crippen LogP contribution in [0.4, 0.5) is 4.39 Å². The molecular weight excluding hydrogens is 286 g/mol. The summed E-state index contributed by atoms with van der Waals surface area (Å²) in [6.45, 7) is 0. The first-order chi connectivity index (χ1) is 10.1.